The summed E-state index contributed by atoms with van der Waals surface area (Å²) in [5.41, 5.74) is 1.66. The fourth-order valence-corrected chi connectivity index (χ4v) is 7.50. The summed E-state index contributed by atoms with van der Waals surface area (Å²) in [6.45, 7) is 9.71. The van der Waals surface area contributed by atoms with E-state index in [0.29, 0.717) is 42.5 Å². The van der Waals surface area contributed by atoms with Crippen molar-refractivity contribution in [1.82, 2.24) is 0 Å². The molecule has 0 amide bonds. The van der Waals surface area contributed by atoms with Gasteiger partial charge in [-0.2, -0.15) is 0 Å². The molecule has 0 aromatic carbocycles. The zero-order valence-corrected chi connectivity index (χ0v) is 18.7. The van der Waals surface area contributed by atoms with Crippen LogP contribution in [-0.4, -0.2) is 24.6 Å². The number of carbonyl (C=O) groups is 2. The van der Waals surface area contributed by atoms with Crippen LogP contribution in [0, 0.1) is 34.5 Å². The van der Waals surface area contributed by atoms with E-state index in [-0.39, 0.29) is 16.9 Å². The van der Waals surface area contributed by atoms with E-state index in [1.54, 1.807) is 0 Å². The van der Waals surface area contributed by atoms with Gasteiger partial charge < -0.3 is 9.47 Å². The second-order valence-corrected chi connectivity index (χ2v) is 10.7. The predicted octanol–water partition coefficient (Wildman–Crippen LogP) is 6.09. The number of hydrogen-bond acceptors (Lipinski definition) is 4. The maximum absolute atomic E-state index is 12.2. The van der Waals surface area contributed by atoms with Crippen molar-refractivity contribution in [1.29, 1.82) is 0 Å². The molecule has 4 rings (SSSR count). The van der Waals surface area contributed by atoms with Crippen molar-refractivity contribution in [2.24, 2.45) is 34.5 Å². The Morgan fingerprint density at radius 3 is 2.72 bits per heavy atom. The van der Waals surface area contributed by atoms with E-state index in [4.69, 9.17) is 9.47 Å². The molecule has 0 saturated heterocycles. The highest BCUT2D eigenvalue weighted by molar-refractivity contribution is 5.91. The molecule has 3 unspecified atom stereocenters. The lowest BCUT2D eigenvalue weighted by molar-refractivity contribution is -0.120. The van der Waals surface area contributed by atoms with Gasteiger partial charge >= 0.3 is 6.16 Å². The minimum Gasteiger partial charge on any atom is -0.434 e. The molecule has 4 aliphatic carbocycles. The highest BCUT2D eigenvalue weighted by Gasteiger charge is 2.61. The van der Waals surface area contributed by atoms with Crippen LogP contribution in [0.5, 0.6) is 0 Å². The maximum atomic E-state index is 12.2. The summed E-state index contributed by atoms with van der Waals surface area (Å²) in [6, 6.07) is 0. The lowest BCUT2D eigenvalue weighted by atomic mass is 9.45. The highest BCUT2D eigenvalue weighted by Crippen LogP contribution is 2.66. The summed E-state index contributed by atoms with van der Waals surface area (Å²) in [5.74, 6) is 2.82. The molecule has 3 fully saturated rings. The summed E-state index contributed by atoms with van der Waals surface area (Å²) in [7, 11) is 0. The average Bonchev–Trinajstić information content (AvgIpc) is 3.00. The summed E-state index contributed by atoms with van der Waals surface area (Å²) in [6.07, 6.45) is 10.5. The average molecular weight is 403 g/mol. The van der Waals surface area contributed by atoms with Crippen LogP contribution in [0.4, 0.5) is 4.79 Å². The van der Waals surface area contributed by atoms with Crippen LogP contribution in [0.25, 0.3) is 0 Å². The van der Waals surface area contributed by atoms with Crippen molar-refractivity contribution in [3.8, 4) is 0 Å². The van der Waals surface area contributed by atoms with Gasteiger partial charge in [0.15, 0.2) is 5.78 Å². The van der Waals surface area contributed by atoms with Crippen molar-refractivity contribution < 1.29 is 19.1 Å². The van der Waals surface area contributed by atoms with Gasteiger partial charge in [0, 0.05) is 11.8 Å². The minimum atomic E-state index is -0.480. The zero-order chi connectivity index (χ0) is 20.8. The van der Waals surface area contributed by atoms with Crippen molar-refractivity contribution in [2.75, 3.05) is 6.61 Å². The van der Waals surface area contributed by atoms with Crippen LogP contribution in [0.15, 0.2) is 11.6 Å². The van der Waals surface area contributed by atoms with E-state index in [0.717, 1.165) is 44.9 Å². The summed E-state index contributed by atoms with van der Waals surface area (Å²) in [4.78, 5) is 24.3. The molecule has 0 N–H and O–H groups in total. The van der Waals surface area contributed by atoms with Crippen molar-refractivity contribution >= 4 is 11.9 Å². The number of fused-ring (bicyclic) bond motifs is 5. The Bertz CT molecular complexity index is 697. The van der Waals surface area contributed by atoms with E-state index in [2.05, 4.69) is 27.7 Å². The van der Waals surface area contributed by atoms with Gasteiger partial charge in [0.2, 0.25) is 0 Å². The van der Waals surface area contributed by atoms with Gasteiger partial charge in [0.25, 0.3) is 0 Å². The smallest absolute Gasteiger partial charge is 0.434 e. The molecule has 0 aliphatic heterocycles. The van der Waals surface area contributed by atoms with E-state index in [9.17, 15) is 9.59 Å². The Morgan fingerprint density at radius 1 is 1.17 bits per heavy atom. The van der Waals surface area contributed by atoms with E-state index in [1.807, 2.05) is 6.08 Å². The number of allylic oxidation sites excluding steroid dienone is 1. The standard InChI is InChI=1S/C25H38O4/c1-5-6-13-28-23(27)29-21-8-7-19-22-16(2)14-17-15-18(26)9-11-24(17,3)20(22)10-12-25(19,21)4/h15-16,19-22H,5-14H2,1-4H3/t16-,19?,20?,21-,22?,24-,25-/m0/s1. The number of ketones is 1. The third-order valence-corrected chi connectivity index (χ3v) is 9.18. The third-order valence-electron chi connectivity index (χ3n) is 9.18. The Hall–Kier alpha value is -1.32. The molecule has 0 radical (unpaired) electrons. The number of rotatable bonds is 4. The van der Waals surface area contributed by atoms with Crippen LogP contribution in [0.3, 0.4) is 0 Å². The molecule has 4 heteroatoms. The molecule has 4 nitrogen and oxygen atoms in total. The topological polar surface area (TPSA) is 52.6 Å². The fourth-order valence-electron chi connectivity index (χ4n) is 7.50. The molecule has 0 bridgehead atoms. The molecule has 7 atom stereocenters. The van der Waals surface area contributed by atoms with E-state index in [1.165, 1.54) is 12.0 Å². The van der Waals surface area contributed by atoms with Crippen molar-refractivity contribution in [3.63, 3.8) is 0 Å². The number of hydrogen-bond donors (Lipinski definition) is 0. The van der Waals surface area contributed by atoms with Crippen LogP contribution in [0.1, 0.15) is 85.5 Å². The van der Waals surface area contributed by atoms with Crippen LogP contribution < -0.4 is 0 Å². The van der Waals surface area contributed by atoms with Gasteiger partial charge in [-0.25, -0.2) is 4.79 Å². The molecular weight excluding hydrogens is 364 g/mol. The van der Waals surface area contributed by atoms with Gasteiger partial charge in [-0.05, 0) is 80.1 Å². The number of unbranched alkanes of at least 4 members (excludes halogenated alkanes) is 1. The molecular formula is C25H38O4. The van der Waals surface area contributed by atoms with Crippen LogP contribution in [-0.2, 0) is 14.3 Å². The summed E-state index contributed by atoms with van der Waals surface area (Å²) >= 11 is 0. The number of carbonyl (C=O) groups excluding carboxylic acids is 2. The Morgan fingerprint density at radius 2 is 1.97 bits per heavy atom. The van der Waals surface area contributed by atoms with Crippen molar-refractivity contribution in [2.45, 2.75) is 91.6 Å². The molecule has 0 aromatic rings. The van der Waals surface area contributed by atoms with E-state index < -0.39 is 6.16 Å². The molecule has 3 saturated carbocycles. The first-order valence-corrected chi connectivity index (χ1v) is 11.9. The monoisotopic (exact) mass is 402 g/mol. The molecule has 29 heavy (non-hydrogen) atoms. The van der Waals surface area contributed by atoms with Gasteiger partial charge in [-0.1, -0.05) is 39.7 Å². The largest absolute Gasteiger partial charge is 0.508 e. The predicted molar refractivity (Wildman–Crippen MR) is 112 cm³/mol. The third kappa shape index (κ3) is 3.45. The second-order valence-electron chi connectivity index (χ2n) is 10.7. The molecule has 4 aliphatic rings. The first kappa shape index (κ1) is 20.9. The number of ether oxygens (including phenoxy) is 2. The summed E-state index contributed by atoms with van der Waals surface area (Å²) < 4.78 is 11.2. The molecule has 0 heterocycles. The normalized spacial score (nSPS) is 43.7. The van der Waals surface area contributed by atoms with Crippen LogP contribution in [0.2, 0.25) is 0 Å². The highest BCUT2D eigenvalue weighted by atomic mass is 16.7. The molecule has 0 spiro atoms. The Kier molecular flexibility index (Phi) is 5.59. The van der Waals surface area contributed by atoms with Crippen LogP contribution >= 0.6 is 0 Å². The Labute approximate surface area is 175 Å². The van der Waals surface area contributed by atoms with Gasteiger partial charge in [-0.3, -0.25) is 4.79 Å². The van der Waals surface area contributed by atoms with E-state index >= 15 is 0 Å². The SMILES string of the molecule is CCCCOC(=O)O[C@H]1CCC2C3C(CC[C@@]21C)[C@@]1(C)CCC(=O)C=C1C[C@@H]3C. The first-order valence-electron chi connectivity index (χ1n) is 11.9. The fraction of sp³-hybridized carbons (Fsp3) is 0.840. The minimum absolute atomic E-state index is 0.0209. The van der Waals surface area contributed by atoms with Gasteiger partial charge in [0.1, 0.15) is 6.10 Å². The summed E-state index contributed by atoms with van der Waals surface area (Å²) in [5, 5.41) is 0. The Balaban J connectivity index is 1.52. The first-order chi connectivity index (χ1) is 13.8. The quantitative estimate of drug-likeness (QED) is 0.422. The van der Waals surface area contributed by atoms with Crippen molar-refractivity contribution in [3.05, 3.63) is 11.6 Å². The second kappa shape index (κ2) is 7.74. The zero-order valence-electron chi connectivity index (χ0n) is 18.7. The molecule has 0 aromatic heterocycles. The molecule has 162 valence electrons. The lowest BCUT2D eigenvalue weighted by Crippen LogP contribution is -2.54. The lowest BCUT2D eigenvalue weighted by Gasteiger charge is -2.59. The van der Waals surface area contributed by atoms with Gasteiger partial charge in [-0.15, -0.1) is 0 Å². The maximum Gasteiger partial charge on any atom is 0.508 e. The van der Waals surface area contributed by atoms with Gasteiger partial charge in [0.05, 0.1) is 6.61 Å².